The van der Waals surface area contributed by atoms with E-state index >= 15 is 0 Å². The Labute approximate surface area is 136 Å². The number of thiophene rings is 1. The molecule has 3 heteroatoms. The van der Waals surface area contributed by atoms with Crippen molar-refractivity contribution < 1.29 is 0 Å². The summed E-state index contributed by atoms with van der Waals surface area (Å²) in [5.41, 5.74) is 2.44. The first-order chi connectivity index (χ1) is 9.23. The van der Waals surface area contributed by atoms with Gasteiger partial charge in [0.1, 0.15) is 0 Å². The lowest BCUT2D eigenvalue weighted by Gasteiger charge is -2.35. The van der Waals surface area contributed by atoms with E-state index in [1.54, 1.807) is 10.3 Å². The van der Waals surface area contributed by atoms with Crippen molar-refractivity contribution in [2.45, 2.75) is 72.8 Å². The molecule has 0 saturated carbocycles. The maximum atomic E-state index is 4.55. The highest BCUT2D eigenvalue weighted by atomic mass is 32.1. The highest BCUT2D eigenvalue weighted by Crippen LogP contribution is 2.52. The van der Waals surface area contributed by atoms with Crippen molar-refractivity contribution in [2.75, 3.05) is 0 Å². The first kappa shape index (κ1) is 18.2. The van der Waals surface area contributed by atoms with E-state index in [-0.39, 0.29) is 0 Å². The molecule has 0 amide bonds. The third kappa shape index (κ3) is 3.85. The molecular weight excluding hydrogens is 279 g/mol. The van der Waals surface area contributed by atoms with Crippen LogP contribution in [0.25, 0.3) is 0 Å². The lowest BCUT2D eigenvalue weighted by Crippen LogP contribution is -2.28. The fraction of sp³-hybridized carbons (Fsp3) is 0.765. The Hall–Kier alpha value is 0.115. The van der Waals surface area contributed by atoms with Crippen molar-refractivity contribution in [3.8, 4) is 0 Å². The topological polar surface area (TPSA) is 0 Å². The smallest absolute Gasteiger partial charge is 0.176 e. The van der Waals surface area contributed by atoms with Gasteiger partial charge in [0.25, 0.3) is 0 Å². The van der Waals surface area contributed by atoms with Crippen molar-refractivity contribution in [3.05, 3.63) is 17.0 Å². The standard InChI is InChI=1S/C15H25BS2.C2H6/c1-11(17)8-12-6-7-18-13(12)16-9-14(2,3)15(4,5)10-16;1-2/h6-7,11,17H,8-10H2,1-5H3;1-2H3. The van der Waals surface area contributed by atoms with Crippen LogP contribution in [-0.4, -0.2) is 12.0 Å². The minimum Gasteiger partial charge on any atom is -0.176 e. The van der Waals surface area contributed by atoms with Gasteiger partial charge in [-0.1, -0.05) is 61.1 Å². The lowest BCUT2D eigenvalue weighted by atomic mass is 9.45. The summed E-state index contributed by atoms with van der Waals surface area (Å²) in [6.07, 6.45) is 3.77. The molecule has 1 aromatic rings. The maximum Gasteiger partial charge on any atom is 0.190 e. The summed E-state index contributed by atoms with van der Waals surface area (Å²) in [6.45, 7) is 16.7. The molecule has 1 unspecified atom stereocenters. The van der Waals surface area contributed by atoms with E-state index in [1.807, 2.05) is 25.2 Å². The van der Waals surface area contributed by atoms with Crippen molar-refractivity contribution >= 4 is 35.5 Å². The third-order valence-electron chi connectivity index (χ3n) is 5.01. The highest BCUT2D eigenvalue weighted by Gasteiger charge is 2.48. The zero-order valence-electron chi connectivity index (χ0n) is 14.3. The van der Waals surface area contributed by atoms with Crippen LogP contribution in [0.2, 0.25) is 12.6 Å². The summed E-state index contributed by atoms with van der Waals surface area (Å²) in [4.78, 5) is 0. The molecule has 0 bridgehead atoms. The van der Waals surface area contributed by atoms with Crippen molar-refractivity contribution in [2.24, 2.45) is 10.8 Å². The van der Waals surface area contributed by atoms with Gasteiger partial charge in [-0.3, -0.25) is 0 Å². The number of rotatable bonds is 3. The van der Waals surface area contributed by atoms with Crippen LogP contribution in [0.5, 0.6) is 0 Å². The van der Waals surface area contributed by atoms with Gasteiger partial charge in [-0.15, -0.1) is 0 Å². The average Bonchev–Trinajstić information content (AvgIpc) is 2.84. The van der Waals surface area contributed by atoms with E-state index in [4.69, 9.17) is 0 Å². The Morgan fingerprint density at radius 3 is 2.15 bits per heavy atom. The molecule has 1 fully saturated rings. The zero-order chi connectivity index (χ0) is 15.6. The van der Waals surface area contributed by atoms with Crippen LogP contribution in [-0.2, 0) is 6.42 Å². The molecule has 0 aliphatic carbocycles. The number of thiol groups is 1. The van der Waals surface area contributed by atoms with E-state index < -0.39 is 0 Å². The first-order valence-corrected chi connectivity index (χ1v) is 9.37. The van der Waals surface area contributed by atoms with Gasteiger partial charge >= 0.3 is 0 Å². The van der Waals surface area contributed by atoms with E-state index in [1.165, 1.54) is 12.6 Å². The van der Waals surface area contributed by atoms with Gasteiger partial charge in [0.2, 0.25) is 0 Å². The van der Waals surface area contributed by atoms with Gasteiger partial charge in [0.05, 0.1) is 0 Å². The van der Waals surface area contributed by atoms with Gasteiger partial charge in [0, 0.05) is 5.25 Å². The van der Waals surface area contributed by atoms with Gasteiger partial charge in [-0.05, 0) is 39.0 Å². The van der Waals surface area contributed by atoms with Crippen molar-refractivity contribution in [1.82, 2.24) is 0 Å². The number of hydrogen-bond donors (Lipinski definition) is 1. The van der Waals surface area contributed by atoms with Crippen LogP contribution in [0.15, 0.2) is 11.4 Å². The monoisotopic (exact) mass is 310 g/mol. The largest absolute Gasteiger partial charge is 0.190 e. The SMILES string of the molecule is CC.CC(S)Cc1ccsc1B1CC(C)(C)C(C)(C)C1. The van der Waals surface area contributed by atoms with Crippen LogP contribution in [0.1, 0.15) is 54.0 Å². The Morgan fingerprint density at radius 2 is 1.70 bits per heavy atom. The molecule has 1 aromatic heterocycles. The van der Waals surface area contributed by atoms with Gasteiger partial charge < -0.3 is 0 Å². The summed E-state index contributed by atoms with van der Waals surface area (Å²) in [6, 6.07) is 2.31. The molecule has 114 valence electrons. The molecular formula is C17H31BS2. The fourth-order valence-corrected chi connectivity index (χ4v) is 4.47. The Balaban J connectivity index is 0.000000956. The molecule has 0 radical (unpaired) electrons. The van der Waals surface area contributed by atoms with Gasteiger partial charge in [0.15, 0.2) is 6.71 Å². The summed E-state index contributed by atoms with van der Waals surface area (Å²) < 4.78 is 1.63. The molecule has 2 rings (SSSR count). The second kappa shape index (κ2) is 6.92. The van der Waals surface area contributed by atoms with E-state index in [0.29, 0.717) is 16.1 Å². The Bertz CT molecular complexity index is 402. The Morgan fingerprint density at radius 1 is 1.20 bits per heavy atom. The molecule has 1 saturated heterocycles. The van der Waals surface area contributed by atoms with E-state index in [0.717, 1.165) is 13.1 Å². The number of hydrogen-bond acceptors (Lipinski definition) is 2. The predicted molar refractivity (Wildman–Crippen MR) is 100 cm³/mol. The minimum absolute atomic E-state index is 0.450. The second-order valence-electron chi connectivity index (χ2n) is 7.24. The molecule has 1 aliphatic heterocycles. The maximum absolute atomic E-state index is 4.55. The van der Waals surface area contributed by atoms with Gasteiger partial charge in [-0.25, -0.2) is 0 Å². The van der Waals surface area contributed by atoms with E-state index in [9.17, 15) is 0 Å². The summed E-state index contributed by atoms with van der Waals surface area (Å²) in [7, 11) is 0. The van der Waals surface area contributed by atoms with E-state index in [2.05, 4.69) is 58.7 Å². The summed E-state index contributed by atoms with van der Waals surface area (Å²) in [5.74, 6) is 0. The predicted octanol–water partition coefficient (Wildman–Crippen LogP) is 5.40. The third-order valence-corrected chi connectivity index (χ3v) is 6.32. The minimum atomic E-state index is 0.450. The van der Waals surface area contributed by atoms with Crippen LogP contribution in [0, 0.1) is 10.8 Å². The normalized spacial score (nSPS) is 21.3. The Kier molecular flexibility index (Phi) is 6.28. The van der Waals surface area contributed by atoms with Crippen LogP contribution >= 0.6 is 24.0 Å². The zero-order valence-corrected chi connectivity index (χ0v) is 16.0. The molecule has 0 spiro atoms. The lowest BCUT2D eigenvalue weighted by molar-refractivity contribution is 0.177. The summed E-state index contributed by atoms with van der Waals surface area (Å²) in [5, 5.41) is 2.72. The molecule has 0 aromatic carbocycles. The molecule has 1 atom stereocenters. The molecule has 1 aliphatic rings. The summed E-state index contributed by atoms with van der Waals surface area (Å²) >= 11 is 6.50. The first-order valence-electron chi connectivity index (χ1n) is 7.97. The second-order valence-corrected chi connectivity index (χ2v) is 9.07. The molecule has 0 nitrogen and oxygen atoms in total. The molecule has 20 heavy (non-hydrogen) atoms. The van der Waals surface area contributed by atoms with Gasteiger partial charge in [-0.2, -0.15) is 24.0 Å². The highest BCUT2D eigenvalue weighted by molar-refractivity contribution is 7.80. The molecule has 2 heterocycles. The molecule has 0 N–H and O–H groups in total. The average molecular weight is 310 g/mol. The van der Waals surface area contributed by atoms with Crippen molar-refractivity contribution in [1.29, 1.82) is 0 Å². The quantitative estimate of drug-likeness (QED) is 0.560. The van der Waals surface area contributed by atoms with Crippen LogP contribution in [0.3, 0.4) is 0 Å². The van der Waals surface area contributed by atoms with Crippen molar-refractivity contribution in [3.63, 3.8) is 0 Å². The van der Waals surface area contributed by atoms with Crippen LogP contribution in [0.4, 0.5) is 0 Å². The van der Waals surface area contributed by atoms with Crippen LogP contribution < -0.4 is 4.78 Å². The fourth-order valence-electron chi connectivity index (χ4n) is 3.23.